The van der Waals surface area contributed by atoms with Crippen LogP contribution in [0.1, 0.15) is 19.3 Å². The second-order valence-electron chi connectivity index (χ2n) is 3.71. The van der Waals surface area contributed by atoms with E-state index in [2.05, 4.69) is 15.3 Å². The minimum absolute atomic E-state index is 0.225. The van der Waals surface area contributed by atoms with Gasteiger partial charge in [0.25, 0.3) is 0 Å². The largest absolute Gasteiger partial charge is 0.368 e. The second-order valence-corrected chi connectivity index (χ2v) is 5.86. The maximum Gasteiger partial charge on any atom is 0.224 e. The summed E-state index contributed by atoms with van der Waals surface area (Å²) in [5.41, 5.74) is 0. The molecule has 2 heterocycles. The molecule has 1 aromatic rings. The number of aromatic nitrogens is 2. The lowest BCUT2D eigenvalue weighted by Gasteiger charge is -2.21. The second kappa shape index (κ2) is 5.94. The Morgan fingerprint density at radius 3 is 3.06 bits per heavy atom. The number of nitrogens with one attached hydrogen (secondary N) is 1. The van der Waals surface area contributed by atoms with Crippen LogP contribution in [0.5, 0.6) is 0 Å². The number of rotatable bonds is 3. The number of halogens is 2. The molecule has 0 aliphatic carbocycles. The smallest absolute Gasteiger partial charge is 0.224 e. The molecule has 0 amide bonds. The van der Waals surface area contributed by atoms with Gasteiger partial charge in [-0.15, -0.1) is 0 Å². The van der Waals surface area contributed by atoms with Gasteiger partial charge in [-0.05, 0) is 30.2 Å². The third kappa shape index (κ3) is 3.40. The summed E-state index contributed by atoms with van der Waals surface area (Å²) in [4.78, 5) is 7.87. The van der Waals surface area contributed by atoms with E-state index in [1.807, 2.05) is 11.8 Å². The number of hydrogen-bond donors (Lipinski definition) is 1. The highest BCUT2D eigenvalue weighted by atomic mass is 35.5. The van der Waals surface area contributed by atoms with E-state index in [0.717, 1.165) is 6.54 Å². The molecule has 0 spiro atoms. The first-order valence-corrected chi connectivity index (χ1v) is 7.09. The van der Waals surface area contributed by atoms with Gasteiger partial charge in [0.15, 0.2) is 0 Å². The summed E-state index contributed by atoms with van der Waals surface area (Å²) in [5.74, 6) is 1.89. The zero-order valence-corrected chi connectivity index (χ0v) is 11.1. The minimum atomic E-state index is 0.225. The Labute approximate surface area is 109 Å². The average molecular weight is 278 g/mol. The summed E-state index contributed by atoms with van der Waals surface area (Å²) in [6, 6.07) is 0. The van der Waals surface area contributed by atoms with Gasteiger partial charge < -0.3 is 5.32 Å². The van der Waals surface area contributed by atoms with E-state index in [1.54, 1.807) is 0 Å². The van der Waals surface area contributed by atoms with Crippen molar-refractivity contribution in [2.45, 2.75) is 24.5 Å². The highest BCUT2D eigenvalue weighted by molar-refractivity contribution is 7.99. The molecule has 1 fully saturated rings. The van der Waals surface area contributed by atoms with Gasteiger partial charge in [0.05, 0.1) is 6.20 Å². The van der Waals surface area contributed by atoms with Crippen molar-refractivity contribution in [2.24, 2.45) is 0 Å². The quantitative estimate of drug-likeness (QED) is 0.859. The van der Waals surface area contributed by atoms with Crippen molar-refractivity contribution >= 4 is 40.8 Å². The zero-order valence-electron chi connectivity index (χ0n) is 8.75. The first-order chi connectivity index (χ1) is 7.75. The lowest BCUT2D eigenvalue weighted by atomic mass is 10.2. The van der Waals surface area contributed by atoms with E-state index >= 15 is 0 Å². The summed E-state index contributed by atoms with van der Waals surface area (Å²) in [6.45, 7) is 0.887. The topological polar surface area (TPSA) is 37.8 Å². The fourth-order valence-corrected chi connectivity index (χ4v) is 3.18. The van der Waals surface area contributed by atoms with Crippen LogP contribution in [0.2, 0.25) is 10.3 Å². The molecule has 2 rings (SSSR count). The van der Waals surface area contributed by atoms with E-state index in [-0.39, 0.29) is 5.28 Å². The predicted molar refractivity (Wildman–Crippen MR) is 70.6 cm³/mol. The highest BCUT2D eigenvalue weighted by Gasteiger charge is 2.14. The summed E-state index contributed by atoms with van der Waals surface area (Å²) < 4.78 is 0. The highest BCUT2D eigenvalue weighted by Crippen LogP contribution is 2.26. The Hall–Kier alpha value is -0.190. The molecule has 0 radical (unpaired) electrons. The van der Waals surface area contributed by atoms with Crippen molar-refractivity contribution < 1.29 is 0 Å². The molecule has 3 nitrogen and oxygen atoms in total. The van der Waals surface area contributed by atoms with Crippen LogP contribution in [0.4, 0.5) is 5.82 Å². The molecule has 0 saturated carbocycles. The van der Waals surface area contributed by atoms with Gasteiger partial charge >= 0.3 is 0 Å². The van der Waals surface area contributed by atoms with Crippen LogP contribution in [-0.2, 0) is 0 Å². The summed E-state index contributed by atoms with van der Waals surface area (Å²) in [6.07, 6.45) is 5.43. The normalized spacial score (nSPS) is 20.8. The fourth-order valence-electron chi connectivity index (χ4n) is 1.65. The van der Waals surface area contributed by atoms with Crippen molar-refractivity contribution in [1.82, 2.24) is 9.97 Å². The van der Waals surface area contributed by atoms with Gasteiger partial charge in [-0.25, -0.2) is 4.98 Å². The van der Waals surface area contributed by atoms with E-state index in [0.29, 0.717) is 16.1 Å². The van der Waals surface area contributed by atoms with Crippen molar-refractivity contribution in [2.75, 3.05) is 17.6 Å². The minimum Gasteiger partial charge on any atom is -0.368 e. The third-order valence-corrected chi connectivity index (χ3v) is 4.34. The molecule has 16 heavy (non-hydrogen) atoms. The van der Waals surface area contributed by atoms with Crippen LogP contribution in [0.25, 0.3) is 0 Å². The predicted octanol–water partition coefficient (Wildman–Crippen LogP) is 3.48. The van der Waals surface area contributed by atoms with Crippen LogP contribution in [0, 0.1) is 0 Å². The van der Waals surface area contributed by atoms with Gasteiger partial charge in [-0.1, -0.05) is 18.0 Å². The van der Waals surface area contributed by atoms with Crippen LogP contribution in [0.15, 0.2) is 6.20 Å². The number of thioether (sulfide) groups is 1. The SMILES string of the molecule is Clc1ncc(Cl)c(NCC2CCCCS2)n1. The lowest BCUT2D eigenvalue weighted by Crippen LogP contribution is -2.20. The Kier molecular flexibility index (Phi) is 4.55. The molecule has 1 saturated heterocycles. The maximum absolute atomic E-state index is 5.96. The van der Waals surface area contributed by atoms with Crippen molar-refractivity contribution in [3.8, 4) is 0 Å². The molecular formula is C10H13Cl2N3S. The Morgan fingerprint density at radius 2 is 2.31 bits per heavy atom. The molecule has 1 atom stereocenters. The average Bonchev–Trinajstić information content (AvgIpc) is 2.32. The number of anilines is 1. The summed E-state index contributed by atoms with van der Waals surface area (Å²) >= 11 is 13.7. The molecule has 0 bridgehead atoms. The van der Waals surface area contributed by atoms with Gasteiger partial charge in [0.2, 0.25) is 5.28 Å². The Morgan fingerprint density at radius 1 is 1.44 bits per heavy atom. The third-order valence-electron chi connectivity index (χ3n) is 2.49. The first kappa shape index (κ1) is 12.3. The molecule has 1 N–H and O–H groups in total. The van der Waals surface area contributed by atoms with E-state index < -0.39 is 0 Å². The number of nitrogens with zero attached hydrogens (tertiary/aromatic N) is 2. The standard InChI is InChI=1S/C10H13Cl2N3S/c11-8-6-14-10(12)15-9(8)13-5-7-3-1-2-4-16-7/h6-7H,1-5H2,(H,13,14,15). The molecule has 1 unspecified atom stereocenters. The molecule has 88 valence electrons. The summed E-state index contributed by atoms with van der Waals surface area (Å²) in [5, 5.41) is 4.63. The Bertz CT molecular complexity index is 356. The Balaban J connectivity index is 1.90. The number of hydrogen-bond acceptors (Lipinski definition) is 4. The van der Waals surface area contributed by atoms with Crippen LogP contribution < -0.4 is 5.32 Å². The van der Waals surface area contributed by atoms with E-state index in [9.17, 15) is 0 Å². The van der Waals surface area contributed by atoms with Gasteiger partial charge in [0.1, 0.15) is 10.8 Å². The van der Waals surface area contributed by atoms with Crippen LogP contribution >= 0.6 is 35.0 Å². The molecule has 0 aromatic carbocycles. The van der Waals surface area contributed by atoms with Crippen molar-refractivity contribution in [3.63, 3.8) is 0 Å². The van der Waals surface area contributed by atoms with E-state index in [4.69, 9.17) is 23.2 Å². The summed E-state index contributed by atoms with van der Waals surface area (Å²) in [7, 11) is 0. The molecule has 6 heteroatoms. The maximum atomic E-state index is 5.96. The van der Waals surface area contributed by atoms with E-state index in [1.165, 1.54) is 31.2 Å². The van der Waals surface area contributed by atoms with Gasteiger partial charge in [-0.3, -0.25) is 0 Å². The van der Waals surface area contributed by atoms with Crippen LogP contribution in [0.3, 0.4) is 0 Å². The van der Waals surface area contributed by atoms with Gasteiger partial charge in [0, 0.05) is 11.8 Å². The van der Waals surface area contributed by atoms with Gasteiger partial charge in [-0.2, -0.15) is 16.7 Å². The lowest BCUT2D eigenvalue weighted by molar-refractivity contribution is 0.677. The molecule has 1 aliphatic rings. The monoisotopic (exact) mass is 277 g/mol. The van der Waals surface area contributed by atoms with Crippen molar-refractivity contribution in [1.29, 1.82) is 0 Å². The van der Waals surface area contributed by atoms with Crippen molar-refractivity contribution in [3.05, 3.63) is 16.5 Å². The zero-order chi connectivity index (χ0) is 11.4. The fraction of sp³-hybridized carbons (Fsp3) is 0.600. The molecular weight excluding hydrogens is 265 g/mol. The first-order valence-electron chi connectivity index (χ1n) is 5.29. The molecule has 1 aromatic heterocycles. The molecule has 1 aliphatic heterocycles. The van der Waals surface area contributed by atoms with Crippen LogP contribution in [-0.4, -0.2) is 27.5 Å².